The Morgan fingerprint density at radius 2 is 2.11 bits per heavy atom. The van der Waals surface area contributed by atoms with Crippen molar-refractivity contribution in [2.75, 3.05) is 6.54 Å². The molecule has 0 aliphatic rings. The molecule has 10 heteroatoms. The second-order valence-corrected chi connectivity index (χ2v) is 9.09. The fourth-order valence-corrected chi connectivity index (χ4v) is 4.51. The van der Waals surface area contributed by atoms with Gasteiger partial charge < -0.3 is 14.8 Å². The van der Waals surface area contributed by atoms with E-state index in [2.05, 4.69) is 25.4 Å². The Morgan fingerprint density at radius 1 is 1.32 bits per heavy atom. The number of rotatable bonds is 8. The van der Waals surface area contributed by atoms with Gasteiger partial charge in [0, 0.05) is 17.8 Å². The molecule has 0 aliphatic heterocycles. The number of fused-ring (bicyclic) bond motifs is 1. The van der Waals surface area contributed by atoms with Crippen LogP contribution in [-0.4, -0.2) is 37.8 Å². The summed E-state index contributed by atoms with van der Waals surface area (Å²) in [6.45, 7) is 8.08. The summed E-state index contributed by atoms with van der Waals surface area (Å²) in [7, 11) is 0. The second-order valence-electron chi connectivity index (χ2n) is 6.56. The van der Waals surface area contributed by atoms with Crippen LogP contribution in [0.3, 0.4) is 0 Å². The molecule has 3 aromatic heterocycles. The molecular weight excluding hydrogens is 398 g/mol. The zero-order chi connectivity index (χ0) is 20.3. The first-order valence-corrected chi connectivity index (χ1v) is 10.9. The Hall–Kier alpha value is -2.20. The van der Waals surface area contributed by atoms with Gasteiger partial charge in [-0.25, -0.2) is 4.98 Å². The van der Waals surface area contributed by atoms with Crippen LogP contribution in [0.15, 0.2) is 9.32 Å². The van der Waals surface area contributed by atoms with E-state index >= 15 is 0 Å². The number of nitrogens with zero attached hydrogens (tertiary/aromatic N) is 3. The molecule has 0 saturated carbocycles. The van der Waals surface area contributed by atoms with Crippen molar-refractivity contribution in [2.45, 2.75) is 51.5 Å². The fraction of sp³-hybridized carbons (Fsp3) is 0.500. The predicted molar refractivity (Wildman–Crippen MR) is 111 cm³/mol. The first kappa shape index (κ1) is 20.5. The van der Waals surface area contributed by atoms with E-state index in [-0.39, 0.29) is 16.7 Å². The first-order chi connectivity index (χ1) is 13.3. The van der Waals surface area contributed by atoms with Crippen LogP contribution in [-0.2, 0) is 17.0 Å². The molecule has 3 heterocycles. The number of aromatic nitrogens is 4. The lowest BCUT2D eigenvalue weighted by Gasteiger charge is -2.11. The lowest BCUT2D eigenvalue weighted by molar-refractivity contribution is -0.120. The summed E-state index contributed by atoms with van der Waals surface area (Å²) in [5.41, 5.74) is 0.868. The zero-order valence-electron chi connectivity index (χ0n) is 16.3. The van der Waals surface area contributed by atoms with E-state index < -0.39 is 0 Å². The summed E-state index contributed by atoms with van der Waals surface area (Å²) < 4.78 is 5.04. The second kappa shape index (κ2) is 8.87. The average Bonchev–Trinajstić information content (AvgIpc) is 3.19. The molecule has 0 spiro atoms. The third kappa shape index (κ3) is 4.79. The largest absolute Gasteiger partial charge is 0.355 e. The van der Waals surface area contributed by atoms with Gasteiger partial charge in [-0.3, -0.25) is 9.59 Å². The third-order valence-corrected chi connectivity index (χ3v) is 6.62. The molecule has 2 N–H and O–H groups in total. The van der Waals surface area contributed by atoms with Gasteiger partial charge in [-0.05, 0) is 39.7 Å². The molecule has 0 bridgehead atoms. The highest BCUT2D eigenvalue weighted by atomic mass is 32.2. The minimum Gasteiger partial charge on any atom is -0.355 e. The Bertz CT molecular complexity index is 1040. The SMILES string of the molecule is Cc1noc(CCCNC(=O)C(C)SCc2nc3sc(C)c(C)c3c(=O)[nH]2)n1. The van der Waals surface area contributed by atoms with Crippen LogP contribution in [0.2, 0.25) is 0 Å². The molecule has 28 heavy (non-hydrogen) atoms. The predicted octanol–water partition coefficient (Wildman–Crippen LogP) is 2.66. The van der Waals surface area contributed by atoms with Crippen LogP contribution in [0, 0.1) is 20.8 Å². The monoisotopic (exact) mass is 421 g/mol. The fourth-order valence-electron chi connectivity index (χ4n) is 2.68. The van der Waals surface area contributed by atoms with Crippen LogP contribution in [0.4, 0.5) is 0 Å². The van der Waals surface area contributed by atoms with Crippen LogP contribution >= 0.6 is 23.1 Å². The summed E-state index contributed by atoms with van der Waals surface area (Å²) >= 11 is 2.97. The lowest BCUT2D eigenvalue weighted by Crippen LogP contribution is -2.32. The maximum absolute atomic E-state index is 12.3. The Morgan fingerprint density at radius 3 is 2.82 bits per heavy atom. The van der Waals surface area contributed by atoms with E-state index in [1.54, 1.807) is 6.92 Å². The number of carbonyl (C=O) groups excluding carboxylic acids is 1. The summed E-state index contributed by atoms with van der Waals surface area (Å²) in [5, 5.41) is 7.06. The number of H-pyrrole nitrogens is 1. The molecule has 1 amide bonds. The van der Waals surface area contributed by atoms with Crippen LogP contribution in [0.1, 0.15) is 41.3 Å². The summed E-state index contributed by atoms with van der Waals surface area (Å²) in [6.07, 6.45) is 1.36. The van der Waals surface area contributed by atoms with Crippen molar-refractivity contribution in [3.63, 3.8) is 0 Å². The van der Waals surface area contributed by atoms with Gasteiger partial charge in [0.15, 0.2) is 5.82 Å². The Balaban J connectivity index is 1.48. The van der Waals surface area contributed by atoms with Crippen molar-refractivity contribution >= 4 is 39.2 Å². The number of aryl methyl sites for hydroxylation is 4. The van der Waals surface area contributed by atoms with Crippen molar-refractivity contribution in [3.05, 3.63) is 38.3 Å². The van der Waals surface area contributed by atoms with E-state index in [0.717, 1.165) is 21.7 Å². The van der Waals surface area contributed by atoms with Crippen molar-refractivity contribution in [3.8, 4) is 0 Å². The van der Waals surface area contributed by atoms with Gasteiger partial charge in [0.1, 0.15) is 10.7 Å². The smallest absolute Gasteiger partial charge is 0.259 e. The zero-order valence-corrected chi connectivity index (χ0v) is 17.9. The van der Waals surface area contributed by atoms with Crippen LogP contribution < -0.4 is 10.9 Å². The number of nitrogens with one attached hydrogen (secondary N) is 2. The molecule has 0 aliphatic carbocycles. The van der Waals surface area contributed by atoms with Gasteiger partial charge >= 0.3 is 0 Å². The van der Waals surface area contributed by atoms with Gasteiger partial charge in [-0.15, -0.1) is 23.1 Å². The normalized spacial score (nSPS) is 12.4. The number of hydrogen-bond donors (Lipinski definition) is 2. The number of hydrogen-bond acceptors (Lipinski definition) is 8. The number of amides is 1. The summed E-state index contributed by atoms with van der Waals surface area (Å²) in [6, 6.07) is 0. The maximum Gasteiger partial charge on any atom is 0.259 e. The molecule has 8 nitrogen and oxygen atoms in total. The molecule has 3 aromatic rings. The van der Waals surface area contributed by atoms with Crippen LogP contribution in [0.5, 0.6) is 0 Å². The van der Waals surface area contributed by atoms with Gasteiger partial charge in [-0.2, -0.15) is 4.98 Å². The first-order valence-electron chi connectivity index (χ1n) is 9.02. The van der Waals surface area contributed by atoms with Gasteiger partial charge in [0.25, 0.3) is 5.56 Å². The standard InChI is InChI=1S/C18H23N5O3S2/c1-9-10(2)28-18-15(9)17(25)21-13(22-18)8-27-11(3)16(24)19-7-5-6-14-20-12(4)23-26-14/h11H,5-8H2,1-4H3,(H,19,24)(H,21,22,25). The maximum atomic E-state index is 12.3. The highest BCUT2D eigenvalue weighted by Crippen LogP contribution is 2.26. The van der Waals surface area contributed by atoms with Crippen molar-refractivity contribution in [2.24, 2.45) is 0 Å². The van der Waals surface area contributed by atoms with E-state index in [9.17, 15) is 9.59 Å². The number of carbonyl (C=O) groups is 1. The lowest BCUT2D eigenvalue weighted by atomic mass is 10.2. The van der Waals surface area contributed by atoms with E-state index in [0.29, 0.717) is 41.6 Å². The van der Waals surface area contributed by atoms with E-state index in [4.69, 9.17) is 4.52 Å². The third-order valence-electron chi connectivity index (χ3n) is 4.36. The molecule has 1 atom stereocenters. The minimum absolute atomic E-state index is 0.0436. The summed E-state index contributed by atoms with van der Waals surface area (Å²) in [4.78, 5) is 37.9. The van der Waals surface area contributed by atoms with Crippen molar-refractivity contribution < 1.29 is 9.32 Å². The van der Waals surface area contributed by atoms with Crippen molar-refractivity contribution in [1.29, 1.82) is 0 Å². The highest BCUT2D eigenvalue weighted by molar-refractivity contribution is 7.99. The highest BCUT2D eigenvalue weighted by Gasteiger charge is 2.16. The van der Waals surface area contributed by atoms with Crippen LogP contribution in [0.25, 0.3) is 10.2 Å². The number of thiophene rings is 1. The molecule has 3 rings (SSSR count). The molecule has 1 unspecified atom stereocenters. The quantitative estimate of drug-likeness (QED) is 0.538. The molecule has 0 saturated heterocycles. The molecule has 0 aromatic carbocycles. The molecule has 0 fully saturated rings. The summed E-state index contributed by atoms with van der Waals surface area (Å²) in [5.74, 6) is 2.21. The van der Waals surface area contributed by atoms with Crippen molar-refractivity contribution in [1.82, 2.24) is 25.4 Å². The van der Waals surface area contributed by atoms with E-state index in [1.807, 2.05) is 20.8 Å². The molecular formula is C18H23N5O3S2. The Labute approximate surface area is 170 Å². The number of aromatic amines is 1. The minimum atomic E-state index is -0.251. The van der Waals surface area contributed by atoms with E-state index in [1.165, 1.54) is 23.1 Å². The number of thioether (sulfide) groups is 1. The average molecular weight is 422 g/mol. The van der Waals surface area contributed by atoms with Gasteiger partial charge in [0.05, 0.1) is 16.4 Å². The topological polar surface area (TPSA) is 114 Å². The molecule has 150 valence electrons. The van der Waals surface area contributed by atoms with Gasteiger partial charge in [-0.1, -0.05) is 5.16 Å². The van der Waals surface area contributed by atoms with Gasteiger partial charge in [0.2, 0.25) is 11.8 Å². The Kier molecular flexibility index (Phi) is 6.50. The molecule has 0 radical (unpaired) electrons.